The van der Waals surface area contributed by atoms with E-state index >= 15 is 0 Å². The van der Waals surface area contributed by atoms with E-state index in [1.165, 1.54) is 6.07 Å². The van der Waals surface area contributed by atoms with Gasteiger partial charge in [-0.05, 0) is 30.5 Å². The molecule has 0 aliphatic carbocycles. The van der Waals surface area contributed by atoms with Crippen molar-refractivity contribution in [2.75, 3.05) is 11.5 Å². The van der Waals surface area contributed by atoms with Crippen molar-refractivity contribution in [2.24, 2.45) is 0 Å². The van der Waals surface area contributed by atoms with E-state index in [2.05, 4.69) is 6.92 Å². The Morgan fingerprint density at radius 3 is 2.84 bits per heavy atom. The molecule has 3 atom stereocenters. The van der Waals surface area contributed by atoms with E-state index < -0.39 is 11.9 Å². The maximum absolute atomic E-state index is 13.4. The van der Waals surface area contributed by atoms with Gasteiger partial charge in [-0.25, -0.2) is 4.39 Å². The Morgan fingerprint density at radius 1 is 1.42 bits per heavy atom. The molecule has 1 fully saturated rings. The first-order chi connectivity index (χ1) is 9.11. The van der Waals surface area contributed by atoms with E-state index in [1.807, 2.05) is 23.5 Å². The highest BCUT2D eigenvalue weighted by Crippen LogP contribution is 2.36. The molecule has 1 heterocycles. The average molecular weight is 321 g/mol. The van der Waals surface area contributed by atoms with Crippen LogP contribution in [0.15, 0.2) is 18.2 Å². The van der Waals surface area contributed by atoms with E-state index in [-0.39, 0.29) is 10.3 Å². The first-order valence-corrected chi connectivity index (χ1v) is 8.94. The summed E-state index contributed by atoms with van der Waals surface area (Å²) in [6.45, 7) is 2.16. The van der Waals surface area contributed by atoms with Crippen LogP contribution < -0.4 is 0 Å². The summed E-state index contributed by atoms with van der Waals surface area (Å²) in [7, 11) is 0. The molecule has 0 bridgehead atoms. The fourth-order valence-electron chi connectivity index (χ4n) is 2.32. The second kappa shape index (κ2) is 7.21. The Hall–Kier alpha value is 0.1000. The molecular formula is C14H18ClFOS2. The minimum Gasteiger partial charge on any atom is -0.392 e. The molecular weight excluding hydrogens is 303 g/mol. The van der Waals surface area contributed by atoms with E-state index in [0.29, 0.717) is 11.7 Å². The lowest BCUT2D eigenvalue weighted by atomic mass is 10.0. The lowest BCUT2D eigenvalue weighted by Gasteiger charge is -2.33. The molecule has 3 unspecified atom stereocenters. The molecule has 0 aromatic heterocycles. The highest BCUT2D eigenvalue weighted by atomic mass is 35.5. The first kappa shape index (κ1) is 15.5. The van der Waals surface area contributed by atoms with Crippen molar-refractivity contribution in [3.05, 3.63) is 34.6 Å². The summed E-state index contributed by atoms with van der Waals surface area (Å²) >= 11 is 9.45. The maximum atomic E-state index is 13.4. The summed E-state index contributed by atoms with van der Waals surface area (Å²) in [6.07, 6.45) is 1.13. The van der Waals surface area contributed by atoms with Gasteiger partial charge in [-0.15, -0.1) is 0 Å². The summed E-state index contributed by atoms with van der Waals surface area (Å²) in [5.41, 5.74) is 0.806. The van der Waals surface area contributed by atoms with Crippen LogP contribution in [0.5, 0.6) is 0 Å². The molecule has 0 saturated carbocycles. The van der Waals surface area contributed by atoms with Crippen LogP contribution in [0, 0.1) is 5.82 Å². The zero-order chi connectivity index (χ0) is 13.8. The first-order valence-electron chi connectivity index (χ1n) is 6.47. The van der Waals surface area contributed by atoms with Crippen molar-refractivity contribution in [3.63, 3.8) is 0 Å². The van der Waals surface area contributed by atoms with Gasteiger partial charge >= 0.3 is 0 Å². The molecule has 0 spiro atoms. The smallest absolute Gasteiger partial charge is 0.142 e. The topological polar surface area (TPSA) is 20.2 Å². The third kappa shape index (κ3) is 4.03. The van der Waals surface area contributed by atoms with E-state index in [4.69, 9.17) is 11.6 Å². The van der Waals surface area contributed by atoms with Gasteiger partial charge in [0.05, 0.1) is 11.1 Å². The molecule has 106 valence electrons. The predicted octanol–water partition coefficient (Wildman–Crippen LogP) is 4.01. The second-order valence-corrected chi connectivity index (χ2v) is 7.71. The van der Waals surface area contributed by atoms with Gasteiger partial charge in [0.1, 0.15) is 5.82 Å². The summed E-state index contributed by atoms with van der Waals surface area (Å²) in [6, 6.07) is 4.77. The van der Waals surface area contributed by atoms with Crippen LogP contribution in [0.1, 0.15) is 18.9 Å². The Labute approximate surface area is 127 Å². The fraction of sp³-hybridized carbons (Fsp3) is 0.571. The van der Waals surface area contributed by atoms with Crippen LogP contribution in [-0.2, 0) is 6.42 Å². The lowest BCUT2D eigenvalue weighted by Crippen LogP contribution is -2.37. The molecule has 19 heavy (non-hydrogen) atoms. The van der Waals surface area contributed by atoms with Crippen LogP contribution in [0.2, 0.25) is 5.02 Å². The molecule has 1 aliphatic rings. The Morgan fingerprint density at radius 2 is 2.16 bits per heavy atom. The van der Waals surface area contributed by atoms with Gasteiger partial charge in [0.25, 0.3) is 0 Å². The normalized spacial score (nSPS) is 25.3. The van der Waals surface area contributed by atoms with Crippen molar-refractivity contribution in [1.29, 1.82) is 0 Å². The number of thioether (sulfide) groups is 2. The lowest BCUT2D eigenvalue weighted by molar-refractivity contribution is 0.169. The molecule has 1 nitrogen and oxygen atoms in total. The SMILES string of the molecule is CCC1SCCSC1C(O)Cc1ccc(Cl)c(F)c1. The average Bonchev–Trinajstić information content (AvgIpc) is 2.43. The molecule has 1 aromatic carbocycles. The van der Waals surface area contributed by atoms with Crippen LogP contribution >= 0.6 is 35.1 Å². The number of aliphatic hydroxyl groups is 1. The van der Waals surface area contributed by atoms with E-state index in [9.17, 15) is 9.50 Å². The Balaban J connectivity index is 2.02. The summed E-state index contributed by atoms with van der Waals surface area (Å²) in [5, 5.41) is 11.3. The zero-order valence-electron chi connectivity index (χ0n) is 10.8. The molecule has 1 N–H and O–H groups in total. The standard InChI is InChI=1S/C14H18ClFOS2/c1-2-13-14(19-6-5-18-13)12(17)8-9-3-4-10(15)11(16)7-9/h3-4,7,12-14,17H,2,5-6,8H2,1H3. The fourth-order valence-corrected chi connectivity index (χ4v) is 5.59. The van der Waals surface area contributed by atoms with Crippen LogP contribution in [0.25, 0.3) is 0 Å². The molecule has 0 amide bonds. The van der Waals surface area contributed by atoms with Crippen LogP contribution in [0.4, 0.5) is 4.39 Å². The molecule has 5 heteroatoms. The number of halogens is 2. The molecule has 1 aliphatic heterocycles. The van der Waals surface area contributed by atoms with Crippen molar-refractivity contribution in [2.45, 2.75) is 36.4 Å². The van der Waals surface area contributed by atoms with Gasteiger partial charge in [0.2, 0.25) is 0 Å². The number of aliphatic hydroxyl groups excluding tert-OH is 1. The van der Waals surface area contributed by atoms with E-state index in [0.717, 1.165) is 23.5 Å². The van der Waals surface area contributed by atoms with Crippen LogP contribution in [0.3, 0.4) is 0 Å². The molecule has 1 saturated heterocycles. The predicted molar refractivity (Wildman–Crippen MR) is 83.9 cm³/mol. The van der Waals surface area contributed by atoms with Gasteiger partial charge < -0.3 is 5.11 Å². The van der Waals surface area contributed by atoms with Gasteiger partial charge in [-0.1, -0.05) is 24.6 Å². The second-order valence-electron chi connectivity index (χ2n) is 4.67. The van der Waals surface area contributed by atoms with E-state index in [1.54, 1.807) is 12.1 Å². The zero-order valence-corrected chi connectivity index (χ0v) is 13.2. The van der Waals surface area contributed by atoms with Crippen molar-refractivity contribution in [3.8, 4) is 0 Å². The third-order valence-corrected chi connectivity index (χ3v) is 7.00. The van der Waals surface area contributed by atoms with Gasteiger partial charge in [0, 0.05) is 22.0 Å². The molecule has 2 rings (SSSR count). The Kier molecular flexibility index (Phi) is 5.87. The minimum absolute atomic E-state index is 0.132. The maximum Gasteiger partial charge on any atom is 0.142 e. The summed E-state index contributed by atoms with van der Waals surface area (Å²) in [4.78, 5) is 0. The number of benzene rings is 1. The third-order valence-electron chi connectivity index (χ3n) is 3.30. The molecule has 1 aromatic rings. The van der Waals surface area contributed by atoms with Crippen LogP contribution in [-0.4, -0.2) is 33.2 Å². The summed E-state index contributed by atoms with van der Waals surface area (Å²) in [5.74, 6) is 1.82. The van der Waals surface area contributed by atoms with Gasteiger partial charge in [-0.3, -0.25) is 0 Å². The largest absolute Gasteiger partial charge is 0.392 e. The quantitative estimate of drug-likeness (QED) is 0.905. The van der Waals surface area contributed by atoms with Gasteiger partial charge in [0.15, 0.2) is 0 Å². The molecule has 0 radical (unpaired) electrons. The monoisotopic (exact) mass is 320 g/mol. The van der Waals surface area contributed by atoms with Crippen molar-refractivity contribution in [1.82, 2.24) is 0 Å². The van der Waals surface area contributed by atoms with Crippen molar-refractivity contribution < 1.29 is 9.50 Å². The highest BCUT2D eigenvalue weighted by Gasteiger charge is 2.31. The minimum atomic E-state index is -0.427. The van der Waals surface area contributed by atoms with Gasteiger partial charge in [-0.2, -0.15) is 23.5 Å². The number of hydrogen-bond acceptors (Lipinski definition) is 3. The Bertz CT molecular complexity index is 430. The summed E-state index contributed by atoms with van der Waals surface area (Å²) < 4.78 is 13.4. The number of hydrogen-bond donors (Lipinski definition) is 1. The highest BCUT2D eigenvalue weighted by molar-refractivity contribution is 8.07. The number of rotatable bonds is 4. The van der Waals surface area contributed by atoms with Crippen molar-refractivity contribution >= 4 is 35.1 Å².